The molecule has 0 bridgehead atoms. The van der Waals surface area contributed by atoms with Gasteiger partial charge in [0.2, 0.25) is 0 Å². The molecular weight excluding hydrogens is 459 g/mol. The molecule has 0 aliphatic heterocycles. The summed E-state index contributed by atoms with van der Waals surface area (Å²) in [7, 11) is 0. The van der Waals surface area contributed by atoms with Crippen molar-refractivity contribution in [2.75, 3.05) is 5.75 Å². The van der Waals surface area contributed by atoms with Crippen LogP contribution in [0.15, 0.2) is 75.2 Å². The first-order chi connectivity index (χ1) is 12.7. The zero-order valence-electron chi connectivity index (χ0n) is 14.0. The number of aromatic nitrogens is 2. The van der Waals surface area contributed by atoms with E-state index in [-0.39, 0.29) is 5.63 Å². The largest absolute Gasteiger partial charge is 0.422 e. The minimum Gasteiger partial charge on any atom is -0.422 e. The Balaban J connectivity index is 1.87. The molecule has 0 N–H and O–H groups in total. The highest BCUT2D eigenvalue weighted by Crippen LogP contribution is 2.27. The highest BCUT2D eigenvalue weighted by Gasteiger charge is 2.15. The van der Waals surface area contributed by atoms with Crippen molar-refractivity contribution >= 4 is 45.3 Å². The van der Waals surface area contributed by atoms with Crippen LogP contribution in [0.1, 0.15) is 6.92 Å². The Morgan fingerprint density at radius 3 is 2.69 bits per heavy atom. The molecule has 0 aliphatic carbocycles. The van der Waals surface area contributed by atoms with E-state index in [4.69, 9.17) is 9.40 Å². The SMILES string of the molecule is CCSc1nc(-c2cc3ccccc3oc2=O)cn1-c1ccc(I)cc1. The van der Waals surface area contributed by atoms with E-state index in [0.29, 0.717) is 16.8 Å². The molecule has 0 atom stereocenters. The van der Waals surface area contributed by atoms with Gasteiger partial charge in [-0.05, 0) is 64.7 Å². The lowest BCUT2D eigenvalue weighted by Gasteiger charge is -2.06. The Kier molecular flexibility index (Phi) is 4.86. The highest BCUT2D eigenvalue weighted by molar-refractivity contribution is 14.1. The van der Waals surface area contributed by atoms with Crippen molar-refractivity contribution in [1.82, 2.24) is 9.55 Å². The molecule has 4 nitrogen and oxygen atoms in total. The average Bonchev–Trinajstić information content (AvgIpc) is 3.06. The lowest BCUT2D eigenvalue weighted by molar-refractivity contribution is 0.563. The summed E-state index contributed by atoms with van der Waals surface area (Å²) < 4.78 is 8.66. The first-order valence-electron chi connectivity index (χ1n) is 8.17. The number of halogens is 1. The molecule has 26 heavy (non-hydrogen) atoms. The first-order valence-corrected chi connectivity index (χ1v) is 10.2. The molecule has 0 fully saturated rings. The monoisotopic (exact) mass is 474 g/mol. The summed E-state index contributed by atoms with van der Waals surface area (Å²) in [6.45, 7) is 2.08. The third-order valence-corrected chi connectivity index (χ3v) is 5.52. The number of fused-ring (bicyclic) bond motifs is 1. The van der Waals surface area contributed by atoms with Gasteiger partial charge in [-0.2, -0.15) is 0 Å². The van der Waals surface area contributed by atoms with Crippen LogP contribution < -0.4 is 5.63 Å². The van der Waals surface area contributed by atoms with Crippen LogP contribution in [0.4, 0.5) is 0 Å². The minimum absolute atomic E-state index is 0.371. The molecule has 2 heterocycles. The van der Waals surface area contributed by atoms with Gasteiger partial charge in [0.1, 0.15) is 5.58 Å². The number of benzene rings is 2. The van der Waals surface area contributed by atoms with Crippen molar-refractivity contribution in [3.63, 3.8) is 0 Å². The molecule has 0 saturated heterocycles. The van der Waals surface area contributed by atoms with Crippen molar-refractivity contribution in [3.05, 3.63) is 74.8 Å². The molecule has 0 aliphatic rings. The lowest BCUT2D eigenvalue weighted by atomic mass is 10.1. The van der Waals surface area contributed by atoms with E-state index in [1.165, 1.54) is 3.57 Å². The second-order valence-corrected chi connectivity index (χ2v) is 8.15. The number of thioether (sulfide) groups is 1. The van der Waals surface area contributed by atoms with Crippen LogP contribution >= 0.6 is 34.4 Å². The van der Waals surface area contributed by atoms with Crippen LogP contribution in [0, 0.1) is 3.57 Å². The zero-order valence-corrected chi connectivity index (χ0v) is 17.0. The summed E-state index contributed by atoms with van der Waals surface area (Å²) in [5, 5.41) is 1.74. The van der Waals surface area contributed by atoms with Crippen molar-refractivity contribution in [2.24, 2.45) is 0 Å². The summed E-state index contributed by atoms with van der Waals surface area (Å²) in [6, 6.07) is 17.6. The van der Waals surface area contributed by atoms with Gasteiger partial charge in [-0.1, -0.05) is 36.9 Å². The summed E-state index contributed by atoms with van der Waals surface area (Å²) >= 11 is 3.93. The normalized spacial score (nSPS) is 11.2. The fraction of sp³-hybridized carbons (Fsp3) is 0.100. The fourth-order valence-electron chi connectivity index (χ4n) is 2.75. The fourth-order valence-corrected chi connectivity index (χ4v) is 3.83. The molecule has 0 amide bonds. The van der Waals surface area contributed by atoms with Crippen LogP contribution in [0.3, 0.4) is 0 Å². The van der Waals surface area contributed by atoms with Crippen molar-refractivity contribution in [2.45, 2.75) is 12.1 Å². The van der Waals surface area contributed by atoms with Gasteiger partial charge in [-0.25, -0.2) is 9.78 Å². The molecule has 6 heteroatoms. The van der Waals surface area contributed by atoms with E-state index >= 15 is 0 Å². The Labute approximate surface area is 168 Å². The molecule has 0 saturated carbocycles. The average molecular weight is 474 g/mol. The molecule has 2 aromatic carbocycles. The van der Waals surface area contributed by atoms with Crippen LogP contribution in [0.25, 0.3) is 27.9 Å². The molecule has 0 spiro atoms. The van der Waals surface area contributed by atoms with Crippen LogP contribution in [-0.4, -0.2) is 15.3 Å². The quantitative estimate of drug-likeness (QED) is 0.227. The van der Waals surface area contributed by atoms with Crippen LogP contribution in [0.2, 0.25) is 0 Å². The van der Waals surface area contributed by atoms with Gasteiger partial charge in [-0.3, -0.25) is 4.57 Å². The smallest absolute Gasteiger partial charge is 0.345 e. The van der Waals surface area contributed by atoms with Crippen molar-refractivity contribution in [3.8, 4) is 16.9 Å². The van der Waals surface area contributed by atoms with E-state index in [0.717, 1.165) is 22.0 Å². The molecule has 4 rings (SSSR count). The van der Waals surface area contributed by atoms with Crippen LogP contribution in [0.5, 0.6) is 0 Å². The third-order valence-electron chi connectivity index (χ3n) is 3.97. The predicted molar refractivity (Wildman–Crippen MR) is 114 cm³/mol. The summed E-state index contributed by atoms with van der Waals surface area (Å²) in [5.41, 5.74) is 2.33. The number of imidazole rings is 1. The number of para-hydroxylation sites is 1. The highest BCUT2D eigenvalue weighted by atomic mass is 127. The third kappa shape index (κ3) is 3.31. The Morgan fingerprint density at radius 2 is 1.92 bits per heavy atom. The maximum absolute atomic E-state index is 12.5. The van der Waals surface area contributed by atoms with E-state index in [1.54, 1.807) is 17.8 Å². The first kappa shape index (κ1) is 17.4. The second kappa shape index (κ2) is 7.28. The second-order valence-electron chi connectivity index (χ2n) is 5.67. The topological polar surface area (TPSA) is 48.0 Å². The minimum atomic E-state index is -0.371. The maximum atomic E-state index is 12.5. The predicted octanol–water partition coefficient (Wildman–Crippen LogP) is 5.36. The zero-order chi connectivity index (χ0) is 18.1. The molecule has 0 radical (unpaired) electrons. The van der Waals surface area contributed by atoms with E-state index in [1.807, 2.05) is 35.0 Å². The summed E-state index contributed by atoms with van der Waals surface area (Å²) in [5.74, 6) is 0.896. The van der Waals surface area contributed by atoms with Crippen molar-refractivity contribution < 1.29 is 4.42 Å². The van der Waals surface area contributed by atoms with Gasteiger partial charge in [-0.15, -0.1) is 0 Å². The van der Waals surface area contributed by atoms with Gasteiger partial charge in [0, 0.05) is 20.8 Å². The van der Waals surface area contributed by atoms with Crippen molar-refractivity contribution in [1.29, 1.82) is 0 Å². The Hall–Kier alpha value is -2.06. The Bertz CT molecular complexity index is 1130. The number of rotatable bonds is 4. The molecular formula is C20H15IN2O2S. The Morgan fingerprint density at radius 1 is 1.15 bits per heavy atom. The maximum Gasteiger partial charge on any atom is 0.345 e. The van der Waals surface area contributed by atoms with Gasteiger partial charge >= 0.3 is 5.63 Å². The number of hydrogen-bond acceptors (Lipinski definition) is 4. The summed E-state index contributed by atoms with van der Waals surface area (Å²) in [4.78, 5) is 17.2. The standard InChI is InChI=1S/C20H15IN2O2S/c1-2-26-20-22-17(12-23(20)15-9-7-14(21)8-10-15)16-11-13-5-3-4-6-18(13)25-19(16)24/h3-12H,2H2,1H3. The summed E-state index contributed by atoms with van der Waals surface area (Å²) in [6.07, 6.45) is 1.90. The lowest BCUT2D eigenvalue weighted by Crippen LogP contribution is -2.02. The number of nitrogens with zero attached hydrogens (tertiary/aromatic N) is 2. The van der Waals surface area contributed by atoms with Gasteiger partial charge in [0.05, 0.1) is 11.3 Å². The van der Waals surface area contributed by atoms with Gasteiger partial charge in [0.15, 0.2) is 5.16 Å². The van der Waals surface area contributed by atoms with Gasteiger partial charge < -0.3 is 4.42 Å². The van der Waals surface area contributed by atoms with Crippen LogP contribution in [-0.2, 0) is 0 Å². The van der Waals surface area contributed by atoms with E-state index in [9.17, 15) is 4.79 Å². The molecule has 130 valence electrons. The van der Waals surface area contributed by atoms with E-state index in [2.05, 4.69) is 53.8 Å². The molecule has 0 unspecified atom stereocenters. The van der Waals surface area contributed by atoms with Gasteiger partial charge in [0.25, 0.3) is 0 Å². The molecule has 4 aromatic rings. The molecule has 2 aromatic heterocycles. The van der Waals surface area contributed by atoms with E-state index < -0.39 is 0 Å². The number of hydrogen-bond donors (Lipinski definition) is 0.